The van der Waals surface area contributed by atoms with Crippen molar-refractivity contribution >= 4 is 28.0 Å². The van der Waals surface area contributed by atoms with Gasteiger partial charge in [-0.05, 0) is 49.2 Å². The lowest BCUT2D eigenvalue weighted by Crippen LogP contribution is -2.40. The van der Waals surface area contributed by atoms with Gasteiger partial charge in [-0.1, -0.05) is 35.5 Å². The van der Waals surface area contributed by atoms with Crippen LogP contribution in [0.15, 0.2) is 39.3 Å². The SMILES string of the molecule is Cc1onc(C(NCCN(C)C(=O)OC(C)(C)C)C(=O)OCc2ccccc2)c1Br. The quantitative estimate of drug-likeness (QED) is 0.569. The second-order valence-electron chi connectivity index (χ2n) is 7.82. The third-order valence-electron chi connectivity index (χ3n) is 4.05. The van der Waals surface area contributed by atoms with Crippen LogP contribution in [0, 0.1) is 6.92 Å². The molecule has 2 aromatic rings. The lowest BCUT2D eigenvalue weighted by atomic mass is 10.2. The summed E-state index contributed by atoms with van der Waals surface area (Å²) in [5.74, 6) is 0.0614. The predicted octanol–water partition coefficient (Wildman–Crippen LogP) is 3.99. The van der Waals surface area contributed by atoms with Gasteiger partial charge in [0.05, 0.1) is 4.47 Å². The normalized spacial score (nSPS) is 12.3. The van der Waals surface area contributed by atoms with Gasteiger partial charge in [-0.2, -0.15) is 0 Å². The number of amides is 1. The molecule has 8 nitrogen and oxygen atoms in total. The highest BCUT2D eigenvalue weighted by atomic mass is 79.9. The van der Waals surface area contributed by atoms with E-state index in [9.17, 15) is 9.59 Å². The number of nitrogens with one attached hydrogen (secondary N) is 1. The maximum Gasteiger partial charge on any atom is 0.410 e. The van der Waals surface area contributed by atoms with Crippen molar-refractivity contribution in [2.45, 2.75) is 45.9 Å². The molecule has 0 aliphatic carbocycles. The van der Waals surface area contributed by atoms with Crippen molar-refractivity contribution in [1.29, 1.82) is 0 Å². The van der Waals surface area contributed by atoms with Gasteiger partial charge in [0.25, 0.3) is 0 Å². The van der Waals surface area contributed by atoms with Crippen molar-refractivity contribution in [3.63, 3.8) is 0 Å². The number of carbonyl (C=O) groups excluding carboxylic acids is 2. The maximum absolute atomic E-state index is 12.8. The summed E-state index contributed by atoms with van der Waals surface area (Å²) in [5.41, 5.74) is 0.696. The summed E-state index contributed by atoms with van der Waals surface area (Å²) in [4.78, 5) is 26.3. The van der Waals surface area contributed by atoms with Crippen molar-refractivity contribution in [3.05, 3.63) is 51.8 Å². The molecule has 1 N–H and O–H groups in total. The molecule has 30 heavy (non-hydrogen) atoms. The predicted molar refractivity (Wildman–Crippen MR) is 115 cm³/mol. The Bertz CT molecular complexity index is 848. The monoisotopic (exact) mass is 481 g/mol. The second kappa shape index (κ2) is 10.6. The molecule has 0 saturated carbocycles. The molecule has 0 saturated heterocycles. The van der Waals surface area contributed by atoms with Crippen molar-refractivity contribution < 1.29 is 23.6 Å². The third kappa shape index (κ3) is 7.14. The molecule has 1 amide bonds. The minimum absolute atomic E-state index is 0.143. The van der Waals surface area contributed by atoms with Gasteiger partial charge < -0.3 is 18.9 Å². The molecule has 1 atom stereocenters. The van der Waals surface area contributed by atoms with Gasteiger partial charge in [0.1, 0.15) is 23.7 Å². The highest BCUT2D eigenvalue weighted by Crippen LogP contribution is 2.27. The fourth-order valence-corrected chi connectivity index (χ4v) is 2.84. The molecule has 0 fully saturated rings. The number of esters is 1. The zero-order valence-corrected chi connectivity index (χ0v) is 19.5. The average molecular weight is 482 g/mol. The van der Waals surface area contributed by atoms with Crippen LogP contribution in [0.25, 0.3) is 0 Å². The van der Waals surface area contributed by atoms with E-state index in [1.807, 2.05) is 30.3 Å². The Labute approximate surface area is 185 Å². The van der Waals surface area contributed by atoms with E-state index in [1.165, 1.54) is 4.90 Å². The number of rotatable bonds is 8. The molecule has 1 aromatic carbocycles. The van der Waals surface area contributed by atoms with Gasteiger partial charge in [0.2, 0.25) is 0 Å². The molecule has 1 heterocycles. The summed E-state index contributed by atoms with van der Waals surface area (Å²) in [6, 6.07) is 8.55. The molecule has 1 unspecified atom stereocenters. The highest BCUT2D eigenvalue weighted by molar-refractivity contribution is 9.10. The topological polar surface area (TPSA) is 93.9 Å². The van der Waals surface area contributed by atoms with E-state index in [4.69, 9.17) is 14.0 Å². The van der Waals surface area contributed by atoms with E-state index in [0.29, 0.717) is 29.0 Å². The van der Waals surface area contributed by atoms with Crippen LogP contribution in [0.4, 0.5) is 4.79 Å². The molecule has 9 heteroatoms. The Morgan fingerprint density at radius 1 is 1.27 bits per heavy atom. The molecule has 0 bridgehead atoms. The van der Waals surface area contributed by atoms with E-state index in [2.05, 4.69) is 26.4 Å². The van der Waals surface area contributed by atoms with Crippen LogP contribution >= 0.6 is 15.9 Å². The van der Waals surface area contributed by atoms with Crippen LogP contribution in [0.5, 0.6) is 0 Å². The van der Waals surface area contributed by atoms with Gasteiger partial charge in [-0.25, -0.2) is 9.59 Å². The first kappa shape index (κ1) is 23.9. The summed E-state index contributed by atoms with van der Waals surface area (Å²) >= 11 is 3.40. The van der Waals surface area contributed by atoms with Crippen molar-refractivity contribution in [1.82, 2.24) is 15.4 Å². The first-order valence-corrected chi connectivity index (χ1v) is 10.4. The molecular weight excluding hydrogens is 454 g/mol. The number of ether oxygens (including phenoxy) is 2. The molecular formula is C21H28BrN3O5. The Balaban J connectivity index is 2.01. The van der Waals surface area contributed by atoms with Gasteiger partial charge in [0.15, 0.2) is 6.04 Å². The van der Waals surface area contributed by atoms with Gasteiger partial charge in [-0.3, -0.25) is 5.32 Å². The zero-order valence-electron chi connectivity index (χ0n) is 17.9. The smallest absolute Gasteiger partial charge is 0.410 e. The van der Waals surface area contributed by atoms with Crippen LogP contribution in [0.2, 0.25) is 0 Å². The lowest BCUT2D eigenvalue weighted by Gasteiger charge is -2.25. The Hall–Kier alpha value is -2.39. The van der Waals surface area contributed by atoms with Crippen molar-refractivity contribution in [2.75, 3.05) is 20.1 Å². The van der Waals surface area contributed by atoms with Crippen LogP contribution in [0.3, 0.4) is 0 Å². The number of likely N-dealkylation sites (N-methyl/N-ethyl adjacent to an activating group) is 1. The molecule has 0 aliphatic rings. The third-order valence-corrected chi connectivity index (χ3v) is 5.01. The van der Waals surface area contributed by atoms with E-state index >= 15 is 0 Å². The lowest BCUT2D eigenvalue weighted by molar-refractivity contribution is -0.148. The summed E-state index contributed by atoms with van der Waals surface area (Å²) in [6.45, 7) is 7.94. The molecule has 2 rings (SSSR count). The molecule has 164 valence electrons. The highest BCUT2D eigenvalue weighted by Gasteiger charge is 2.29. The van der Waals surface area contributed by atoms with Crippen LogP contribution < -0.4 is 5.32 Å². The Morgan fingerprint density at radius 2 is 1.93 bits per heavy atom. The van der Waals surface area contributed by atoms with Gasteiger partial charge in [-0.15, -0.1) is 0 Å². The Kier molecular flexibility index (Phi) is 8.43. The Morgan fingerprint density at radius 3 is 2.50 bits per heavy atom. The number of aromatic nitrogens is 1. The summed E-state index contributed by atoms with van der Waals surface area (Å²) in [5, 5.41) is 7.08. The number of aryl methyl sites for hydroxylation is 1. The minimum Gasteiger partial charge on any atom is -0.459 e. The molecule has 0 spiro atoms. The average Bonchev–Trinajstić information content (AvgIpc) is 3.01. The van der Waals surface area contributed by atoms with E-state index < -0.39 is 23.7 Å². The van der Waals surface area contributed by atoms with E-state index in [0.717, 1.165) is 5.56 Å². The van der Waals surface area contributed by atoms with E-state index in [-0.39, 0.29) is 6.61 Å². The minimum atomic E-state index is -0.854. The molecule has 0 aliphatic heterocycles. The first-order valence-electron chi connectivity index (χ1n) is 9.58. The van der Waals surface area contributed by atoms with Crippen molar-refractivity contribution in [3.8, 4) is 0 Å². The van der Waals surface area contributed by atoms with Crippen LogP contribution in [0.1, 0.15) is 43.8 Å². The fraction of sp³-hybridized carbons (Fsp3) is 0.476. The fourth-order valence-electron chi connectivity index (χ4n) is 2.47. The summed E-state index contributed by atoms with van der Waals surface area (Å²) in [7, 11) is 1.63. The van der Waals surface area contributed by atoms with Crippen LogP contribution in [-0.4, -0.2) is 47.9 Å². The first-order chi connectivity index (χ1) is 14.1. The largest absolute Gasteiger partial charge is 0.459 e. The summed E-state index contributed by atoms with van der Waals surface area (Å²) in [6.07, 6.45) is -0.439. The maximum atomic E-state index is 12.8. The number of benzene rings is 1. The van der Waals surface area contributed by atoms with Gasteiger partial charge >= 0.3 is 12.1 Å². The van der Waals surface area contributed by atoms with Gasteiger partial charge in [0, 0.05) is 20.1 Å². The van der Waals surface area contributed by atoms with Crippen LogP contribution in [-0.2, 0) is 20.9 Å². The zero-order chi connectivity index (χ0) is 22.3. The summed E-state index contributed by atoms with van der Waals surface area (Å²) < 4.78 is 16.6. The number of nitrogens with zero attached hydrogens (tertiary/aromatic N) is 2. The number of hydrogen-bond acceptors (Lipinski definition) is 7. The second-order valence-corrected chi connectivity index (χ2v) is 8.61. The molecule has 1 aromatic heterocycles. The van der Waals surface area contributed by atoms with E-state index in [1.54, 1.807) is 34.7 Å². The standard InChI is InChI=1S/C21H28BrN3O5/c1-14-16(22)17(24-30-14)18(19(26)28-13-15-9-7-6-8-10-15)23-11-12-25(5)20(27)29-21(2,3)4/h6-10,18,23H,11-13H2,1-5H3. The number of carbonyl (C=O) groups is 2. The van der Waals surface area contributed by atoms with Crippen molar-refractivity contribution in [2.24, 2.45) is 0 Å². The molecule has 0 radical (unpaired) electrons. The number of hydrogen-bond donors (Lipinski definition) is 1. The number of halogens is 1.